The lowest BCUT2D eigenvalue weighted by Crippen LogP contribution is -2.42. The van der Waals surface area contributed by atoms with Crippen LogP contribution in [-0.4, -0.2) is 56.1 Å². The third-order valence-corrected chi connectivity index (χ3v) is 7.86. The Balaban J connectivity index is 1.33. The standard InChI is InChI=1S/C21H28N4O3S2/c26-20(25-13-4-5-17(15-25)21-22-10-14-29-21)16-30(27,28)23-18-6-8-19(9-7-18)24-11-2-1-3-12-24/h6-10,14,17,23H,1-5,11-13,15-16H2. The lowest BCUT2D eigenvalue weighted by molar-refractivity contribution is -0.129. The van der Waals surface area contributed by atoms with E-state index in [4.69, 9.17) is 0 Å². The van der Waals surface area contributed by atoms with Gasteiger partial charge >= 0.3 is 0 Å². The van der Waals surface area contributed by atoms with Gasteiger partial charge < -0.3 is 9.80 Å². The summed E-state index contributed by atoms with van der Waals surface area (Å²) in [6.45, 7) is 3.21. The van der Waals surface area contributed by atoms with Crippen LogP contribution in [-0.2, 0) is 14.8 Å². The van der Waals surface area contributed by atoms with E-state index < -0.39 is 15.8 Å². The molecule has 30 heavy (non-hydrogen) atoms. The van der Waals surface area contributed by atoms with E-state index in [1.54, 1.807) is 34.6 Å². The van der Waals surface area contributed by atoms with Crippen molar-refractivity contribution in [2.75, 3.05) is 41.6 Å². The molecule has 1 aromatic carbocycles. The van der Waals surface area contributed by atoms with Crippen molar-refractivity contribution in [3.05, 3.63) is 40.8 Å². The summed E-state index contributed by atoms with van der Waals surface area (Å²) in [6.07, 6.45) is 7.26. The molecule has 7 nitrogen and oxygen atoms in total. The topological polar surface area (TPSA) is 82.6 Å². The molecule has 2 fully saturated rings. The van der Waals surface area contributed by atoms with Gasteiger partial charge in [0.2, 0.25) is 15.9 Å². The molecule has 0 radical (unpaired) electrons. The summed E-state index contributed by atoms with van der Waals surface area (Å²) < 4.78 is 27.7. The quantitative estimate of drug-likeness (QED) is 0.733. The van der Waals surface area contributed by atoms with E-state index in [1.807, 2.05) is 17.5 Å². The highest BCUT2D eigenvalue weighted by Crippen LogP contribution is 2.28. The molecule has 2 aliphatic rings. The van der Waals surface area contributed by atoms with Crippen LogP contribution in [0.15, 0.2) is 35.8 Å². The van der Waals surface area contributed by atoms with Gasteiger partial charge in [0.25, 0.3) is 0 Å². The van der Waals surface area contributed by atoms with E-state index in [0.717, 1.165) is 36.6 Å². The summed E-state index contributed by atoms with van der Waals surface area (Å²) in [5.74, 6) is -0.694. The number of hydrogen-bond acceptors (Lipinski definition) is 6. The molecule has 162 valence electrons. The summed E-state index contributed by atoms with van der Waals surface area (Å²) in [4.78, 5) is 21.0. The highest BCUT2D eigenvalue weighted by Gasteiger charge is 2.28. The third kappa shape index (κ3) is 5.31. The van der Waals surface area contributed by atoms with Crippen LogP contribution >= 0.6 is 11.3 Å². The van der Waals surface area contributed by atoms with Crippen molar-refractivity contribution in [1.82, 2.24) is 9.88 Å². The minimum Gasteiger partial charge on any atom is -0.372 e. The second-order valence-electron chi connectivity index (χ2n) is 8.00. The van der Waals surface area contributed by atoms with Crippen molar-refractivity contribution in [3.63, 3.8) is 0 Å². The summed E-state index contributed by atoms with van der Waals surface area (Å²) in [7, 11) is -3.76. The minimum atomic E-state index is -3.76. The number of amides is 1. The van der Waals surface area contributed by atoms with Crippen LogP contribution in [0.3, 0.4) is 0 Å². The van der Waals surface area contributed by atoms with E-state index in [1.165, 1.54) is 19.3 Å². The fourth-order valence-electron chi connectivity index (χ4n) is 4.20. The summed E-state index contributed by atoms with van der Waals surface area (Å²) in [6, 6.07) is 7.42. The summed E-state index contributed by atoms with van der Waals surface area (Å²) in [5.41, 5.74) is 1.60. The third-order valence-electron chi connectivity index (χ3n) is 5.75. The predicted octanol–water partition coefficient (Wildman–Crippen LogP) is 3.28. The summed E-state index contributed by atoms with van der Waals surface area (Å²) >= 11 is 1.59. The Bertz CT molecular complexity index is 939. The Labute approximate surface area is 182 Å². The molecule has 2 saturated heterocycles. The molecule has 0 bridgehead atoms. The smallest absolute Gasteiger partial charge is 0.241 e. The summed E-state index contributed by atoms with van der Waals surface area (Å²) in [5, 5.41) is 2.95. The van der Waals surface area contributed by atoms with Gasteiger partial charge in [0.05, 0.1) is 5.01 Å². The number of sulfonamides is 1. The molecule has 2 aromatic rings. The Hall–Kier alpha value is -2.13. The highest BCUT2D eigenvalue weighted by molar-refractivity contribution is 7.93. The van der Waals surface area contributed by atoms with E-state index in [9.17, 15) is 13.2 Å². The van der Waals surface area contributed by atoms with Gasteiger partial charge in [-0.3, -0.25) is 9.52 Å². The average molecular weight is 449 g/mol. The van der Waals surface area contributed by atoms with Crippen LogP contribution in [0, 0.1) is 0 Å². The number of carbonyl (C=O) groups excluding carboxylic acids is 1. The van der Waals surface area contributed by atoms with E-state index in [-0.39, 0.29) is 11.8 Å². The molecule has 1 unspecified atom stereocenters. The van der Waals surface area contributed by atoms with Crippen molar-refractivity contribution in [1.29, 1.82) is 0 Å². The fraction of sp³-hybridized carbons (Fsp3) is 0.524. The molecule has 3 heterocycles. The second kappa shape index (κ2) is 9.34. The Morgan fingerprint density at radius 2 is 1.87 bits per heavy atom. The van der Waals surface area contributed by atoms with E-state index >= 15 is 0 Å². The van der Waals surface area contributed by atoms with Crippen LogP contribution in [0.5, 0.6) is 0 Å². The first-order chi connectivity index (χ1) is 14.5. The van der Waals surface area contributed by atoms with Gasteiger partial charge in [0.1, 0.15) is 5.75 Å². The SMILES string of the molecule is O=C(CS(=O)(=O)Nc1ccc(N2CCCCC2)cc1)N1CCCC(c2nccs2)C1. The number of nitrogens with one attached hydrogen (secondary N) is 1. The molecule has 1 amide bonds. The van der Waals surface area contributed by atoms with Gasteiger partial charge in [0.15, 0.2) is 0 Å². The number of hydrogen-bond donors (Lipinski definition) is 1. The maximum absolute atomic E-state index is 12.7. The minimum absolute atomic E-state index is 0.195. The van der Waals surface area contributed by atoms with Gasteiger partial charge in [-0.2, -0.15) is 0 Å². The fourth-order valence-corrected chi connectivity index (χ4v) is 6.05. The number of piperidine rings is 2. The second-order valence-corrected chi connectivity index (χ2v) is 10.7. The van der Waals surface area contributed by atoms with Crippen LogP contribution in [0.1, 0.15) is 43.0 Å². The number of likely N-dealkylation sites (tertiary alicyclic amines) is 1. The molecule has 0 aliphatic carbocycles. The number of rotatable bonds is 6. The number of carbonyl (C=O) groups is 1. The number of aromatic nitrogens is 1. The first-order valence-corrected chi connectivity index (χ1v) is 13.1. The molecule has 1 aromatic heterocycles. The number of nitrogens with zero attached hydrogens (tertiary/aromatic N) is 3. The maximum atomic E-state index is 12.7. The van der Waals surface area contributed by atoms with Crippen LogP contribution < -0.4 is 9.62 Å². The van der Waals surface area contributed by atoms with Gasteiger partial charge in [0, 0.05) is 55.0 Å². The normalized spacial score (nSPS) is 20.2. The van der Waals surface area contributed by atoms with E-state index in [0.29, 0.717) is 18.8 Å². The van der Waals surface area contributed by atoms with Gasteiger partial charge in [-0.1, -0.05) is 0 Å². The first-order valence-electron chi connectivity index (χ1n) is 10.5. The molecule has 0 saturated carbocycles. The van der Waals surface area contributed by atoms with Crippen molar-refractivity contribution in [2.24, 2.45) is 0 Å². The molecule has 9 heteroatoms. The zero-order chi connectivity index (χ0) is 21.0. The molecule has 1 N–H and O–H groups in total. The molecule has 2 aliphatic heterocycles. The molecular weight excluding hydrogens is 420 g/mol. The number of thiazole rings is 1. The molecular formula is C21H28N4O3S2. The van der Waals surface area contributed by atoms with Crippen LogP contribution in [0.25, 0.3) is 0 Å². The predicted molar refractivity (Wildman–Crippen MR) is 121 cm³/mol. The molecule has 4 rings (SSSR count). The van der Waals surface area contributed by atoms with Crippen molar-refractivity contribution in [2.45, 2.75) is 38.0 Å². The zero-order valence-electron chi connectivity index (χ0n) is 17.0. The molecule has 0 spiro atoms. The average Bonchev–Trinajstić information content (AvgIpc) is 3.29. The van der Waals surface area contributed by atoms with Gasteiger partial charge in [-0.15, -0.1) is 11.3 Å². The lowest BCUT2D eigenvalue weighted by atomic mass is 9.99. The van der Waals surface area contributed by atoms with Crippen molar-refractivity contribution >= 4 is 38.6 Å². The van der Waals surface area contributed by atoms with Crippen molar-refractivity contribution in [3.8, 4) is 0 Å². The first kappa shape index (κ1) is 21.1. The van der Waals surface area contributed by atoms with Crippen LogP contribution in [0.2, 0.25) is 0 Å². The highest BCUT2D eigenvalue weighted by atomic mass is 32.2. The van der Waals surface area contributed by atoms with Gasteiger partial charge in [-0.05, 0) is 56.4 Å². The lowest BCUT2D eigenvalue weighted by Gasteiger charge is -2.31. The Morgan fingerprint density at radius 3 is 2.57 bits per heavy atom. The van der Waals surface area contributed by atoms with Crippen molar-refractivity contribution < 1.29 is 13.2 Å². The Morgan fingerprint density at radius 1 is 1.10 bits per heavy atom. The largest absolute Gasteiger partial charge is 0.372 e. The van der Waals surface area contributed by atoms with E-state index in [2.05, 4.69) is 14.6 Å². The van der Waals surface area contributed by atoms with Crippen LogP contribution in [0.4, 0.5) is 11.4 Å². The number of benzene rings is 1. The maximum Gasteiger partial charge on any atom is 0.241 e. The molecule has 1 atom stereocenters. The Kier molecular flexibility index (Phi) is 6.58. The zero-order valence-corrected chi connectivity index (χ0v) is 18.6. The monoisotopic (exact) mass is 448 g/mol. The number of anilines is 2. The van der Waals surface area contributed by atoms with Gasteiger partial charge in [-0.25, -0.2) is 13.4 Å².